The average Bonchev–Trinajstić information content (AvgIpc) is 3.17. The molecule has 0 fully saturated rings. The molecule has 30 heavy (non-hydrogen) atoms. The zero-order chi connectivity index (χ0) is 22.1. The summed E-state index contributed by atoms with van der Waals surface area (Å²) in [6.45, 7) is 5.58. The molecule has 3 aromatic rings. The molecule has 0 unspecified atom stereocenters. The summed E-state index contributed by atoms with van der Waals surface area (Å²) in [4.78, 5) is 16.9. The second kappa shape index (κ2) is 8.47. The predicted molar refractivity (Wildman–Crippen MR) is 106 cm³/mol. The highest BCUT2D eigenvalue weighted by Gasteiger charge is 2.31. The van der Waals surface area contributed by atoms with Crippen LogP contribution in [0.5, 0.6) is 0 Å². The van der Waals surface area contributed by atoms with E-state index in [0.717, 1.165) is 29.8 Å². The Labute approximate surface area is 176 Å². The van der Waals surface area contributed by atoms with Gasteiger partial charge in [0.1, 0.15) is 6.04 Å². The van der Waals surface area contributed by atoms with Gasteiger partial charge in [-0.15, -0.1) is 0 Å². The van der Waals surface area contributed by atoms with E-state index in [4.69, 9.17) is 16.1 Å². The number of rotatable bonds is 5. The van der Waals surface area contributed by atoms with Gasteiger partial charge in [-0.3, -0.25) is 4.79 Å². The van der Waals surface area contributed by atoms with Gasteiger partial charge in [0.2, 0.25) is 11.7 Å². The topological polar surface area (TPSA) is 68.0 Å². The van der Waals surface area contributed by atoms with Gasteiger partial charge in [-0.2, -0.15) is 18.2 Å². The van der Waals surface area contributed by atoms with E-state index in [1.165, 1.54) is 0 Å². The minimum Gasteiger partial charge on any atom is -0.340 e. The molecule has 158 valence electrons. The molecule has 0 bridgehead atoms. The number of carbonyl (C=O) groups excluding carboxylic acids is 1. The fraction of sp³-hybridized carbons (Fsp3) is 0.286. The molecule has 0 aliphatic carbocycles. The van der Waals surface area contributed by atoms with Gasteiger partial charge < -0.3 is 9.84 Å². The summed E-state index contributed by atoms with van der Waals surface area (Å²) in [7, 11) is 0. The summed E-state index contributed by atoms with van der Waals surface area (Å²) in [5.74, 6) is -0.142. The lowest BCUT2D eigenvalue weighted by Crippen LogP contribution is -2.32. The number of benzene rings is 2. The molecule has 1 heterocycles. The summed E-state index contributed by atoms with van der Waals surface area (Å²) in [6.07, 6.45) is -4.46. The molecule has 0 saturated heterocycles. The molecular formula is C21H19ClF3N3O2. The molecule has 1 amide bonds. The minimum absolute atomic E-state index is 0.0960. The average molecular weight is 438 g/mol. The second-order valence-electron chi connectivity index (χ2n) is 7.19. The van der Waals surface area contributed by atoms with Crippen molar-refractivity contribution in [3.63, 3.8) is 0 Å². The molecule has 1 aromatic heterocycles. The van der Waals surface area contributed by atoms with Gasteiger partial charge in [0.15, 0.2) is 0 Å². The molecule has 2 aromatic carbocycles. The number of nitrogens with one attached hydrogen (secondary N) is 1. The number of hydrogen-bond donors (Lipinski definition) is 1. The number of aromatic nitrogens is 2. The van der Waals surface area contributed by atoms with Crippen LogP contribution < -0.4 is 5.32 Å². The molecule has 5 nitrogen and oxygen atoms in total. The van der Waals surface area contributed by atoms with Gasteiger partial charge in [0.25, 0.3) is 5.91 Å². The third-order valence-corrected chi connectivity index (χ3v) is 4.97. The highest BCUT2D eigenvalue weighted by Crippen LogP contribution is 2.30. The van der Waals surface area contributed by atoms with Crippen LogP contribution in [0.15, 0.2) is 47.0 Å². The van der Waals surface area contributed by atoms with Crippen LogP contribution in [0.4, 0.5) is 13.2 Å². The molecule has 9 heteroatoms. The normalized spacial score (nSPS) is 12.8. The van der Waals surface area contributed by atoms with Crippen molar-refractivity contribution in [3.05, 3.63) is 70.1 Å². The van der Waals surface area contributed by atoms with Crippen LogP contribution >= 0.6 is 11.6 Å². The first-order valence-corrected chi connectivity index (χ1v) is 9.52. The lowest BCUT2D eigenvalue weighted by atomic mass is 10.0. The monoisotopic (exact) mass is 437 g/mol. The third kappa shape index (κ3) is 4.81. The van der Waals surface area contributed by atoms with Gasteiger partial charge in [0.05, 0.1) is 5.56 Å². The molecule has 0 saturated carbocycles. The molecule has 1 atom stereocenters. The van der Waals surface area contributed by atoms with Crippen molar-refractivity contribution in [2.75, 3.05) is 0 Å². The van der Waals surface area contributed by atoms with Crippen molar-refractivity contribution in [2.24, 2.45) is 5.92 Å². The van der Waals surface area contributed by atoms with Crippen LogP contribution in [0.1, 0.15) is 47.3 Å². The van der Waals surface area contributed by atoms with E-state index in [1.54, 1.807) is 12.1 Å². The molecule has 0 radical (unpaired) electrons. The van der Waals surface area contributed by atoms with E-state index in [9.17, 15) is 18.0 Å². The summed E-state index contributed by atoms with van der Waals surface area (Å²) in [5, 5.41) is 7.27. The minimum atomic E-state index is -4.46. The maximum Gasteiger partial charge on any atom is 0.416 e. The SMILES string of the molecule is Cc1ccc(-c2noc([C@H](NC(=O)c3ccc(C(F)(F)F)cc3)C(C)C)n2)cc1Cl. The van der Waals surface area contributed by atoms with E-state index in [1.807, 2.05) is 26.8 Å². The largest absolute Gasteiger partial charge is 0.416 e. The van der Waals surface area contributed by atoms with Crippen molar-refractivity contribution in [3.8, 4) is 11.4 Å². The number of nitrogens with zero attached hydrogens (tertiary/aromatic N) is 2. The highest BCUT2D eigenvalue weighted by atomic mass is 35.5. The van der Waals surface area contributed by atoms with Crippen LogP contribution in [0.3, 0.4) is 0 Å². The quantitative estimate of drug-likeness (QED) is 0.544. The number of amides is 1. The summed E-state index contributed by atoms with van der Waals surface area (Å²) in [5.41, 5.74) is 0.849. The zero-order valence-corrected chi connectivity index (χ0v) is 17.2. The fourth-order valence-electron chi connectivity index (χ4n) is 2.76. The lowest BCUT2D eigenvalue weighted by molar-refractivity contribution is -0.137. The fourth-order valence-corrected chi connectivity index (χ4v) is 2.94. The molecule has 1 N–H and O–H groups in total. The number of aryl methyl sites for hydroxylation is 1. The summed E-state index contributed by atoms with van der Waals surface area (Å²) >= 11 is 6.15. The Hall–Kier alpha value is -2.87. The van der Waals surface area contributed by atoms with Crippen LogP contribution in [-0.4, -0.2) is 16.0 Å². The van der Waals surface area contributed by atoms with Gasteiger partial charge in [-0.1, -0.05) is 42.7 Å². The molecular weight excluding hydrogens is 419 g/mol. The molecule has 3 rings (SSSR count). The Kier molecular flexibility index (Phi) is 6.17. The smallest absolute Gasteiger partial charge is 0.340 e. The van der Waals surface area contributed by atoms with Crippen molar-refractivity contribution < 1.29 is 22.5 Å². The van der Waals surface area contributed by atoms with Crippen LogP contribution in [0, 0.1) is 12.8 Å². The van der Waals surface area contributed by atoms with Crippen LogP contribution in [-0.2, 0) is 6.18 Å². The Balaban J connectivity index is 1.80. The third-order valence-electron chi connectivity index (χ3n) is 4.57. The number of halogens is 4. The second-order valence-corrected chi connectivity index (χ2v) is 7.60. The van der Waals surface area contributed by atoms with Gasteiger partial charge in [-0.05, 0) is 48.7 Å². The summed E-state index contributed by atoms with van der Waals surface area (Å²) in [6, 6.07) is 8.72. The van der Waals surface area contributed by atoms with Crippen molar-refractivity contribution in [2.45, 2.75) is 33.0 Å². The standard InChI is InChI=1S/C21H19ClF3N3O2/c1-11(2)17(26-19(29)13-6-8-15(9-7-13)21(23,24)25)20-27-18(28-30-20)14-5-4-12(3)16(22)10-14/h4-11,17H,1-3H3,(H,26,29)/t17-/m1/s1. The Bertz CT molecular complexity index is 1050. The zero-order valence-electron chi connectivity index (χ0n) is 16.4. The van der Waals surface area contributed by atoms with Crippen LogP contribution in [0.25, 0.3) is 11.4 Å². The van der Waals surface area contributed by atoms with Gasteiger partial charge in [-0.25, -0.2) is 0 Å². The lowest BCUT2D eigenvalue weighted by Gasteiger charge is -2.18. The van der Waals surface area contributed by atoms with E-state index in [2.05, 4.69) is 15.5 Å². The maximum absolute atomic E-state index is 12.7. The maximum atomic E-state index is 12.7. The first kappa shape index (κ1) is 21.8. The summed E-state index contributed by atoms with van der Waals surface area (Å²) < 4.78 is 43.5. The predicted octanol–water partition coefficient (Wildman–Crippen LogP) is 5.84. The number of carbonyl (C=O) groups is 1. The van der Waals surface area contributed by atoms with Gasteiger partial charge >= 0.3 is 6.18 Å². The van der Waals surface area contributed by atoms with Crippen molar-refractivity contribution in [1.82, 2.24) is 15.5 Å². The van der Waals surface area contributed by atoms with Crippen molar-refractivity contribution in [1.29, 1.82) is 0 Å². The highest BCUT2D eigenvalue weighted by molar-refractivity contribution is 6.31. The Morgan fingerprint density at radius 3 is 2.37 bits per heavy atom. The van der Waals surface area contributed by atoms with Crippen LogP contribution in [0.2, 0.25) is 5.02 Å². The molecule has 0 aliphatic heterocycles. The Morgan fingerprint density at radius 2 is 1.80 bits per heavy atom. The van der Waals surface area contributed by atoms with Gasteiger partial charge in [0, 0.05) is 16.1 Å². The molecule has 0 aliphatic rings. The number of hydrogen-bond acceptors (Lipinski definition) is 4. The van der Waals surface area contributed by atoms with E-state index < -0.39 is 23.7 Å². The molecule has 0 spiro atoms. The Morgan fingerprint density at radius 1 is 1.13 bits per heavy atom. The van der Waals surface area contributed by atoms with Crippen molar-refractivity contribution >= 4 is 17.5 Å². The number of alkyl halides is 3. The van der Waals surface area contributed by atoms with E-state index >= 15 is 0 Å². The van der Waals surface area contributed by atoms with E-state index in [-0.39, 0.29) is 17.4 Å². The van der Waals surface area contributed by atoms with E-state index in [0.29, 0.717) is 16.4 Å². The first-order chi connectivity index (χ1) is 14.1. The first-order valence-electron chi connectivity index (χ1n) is 9.14.